The highest BCUT2D eigenvalue weighted by Gasteiger charge is 2.25. The second-order valence-corrected chi connectivity index (χ2v) is 8.49. The summed E-state index contributed by atoms with van der Waals surface area (Å²) >= 11 is 0. The number of nitrogens with one attached hydrogen (secondary N) is 1. The molecule has 2 amide bonds. The number of fused-ring (bicyclic) bond motifs is 1. The molecule has 3 N–H and O–H groups in total. The molecule has 0 spiro atoms. The Hall–Kier alpha value is -4.41. The smallest absolute Gasteiger partial charge is 0.321 e. The average Bonchev–Trinajstić information content (AvgIpc) is 2.83. The van der Waals surface area contributed by atoms with Gasteiger partial charge in [-0.1, -0.05) is 12.1 Å². The molecule has 0 saturated carbocycles. The van der Waals surface area contributed by atoms with Crippen LogP contribution >= 0.6 is 0 Å². The fourth-order valence-corrected chi connectivity index (χ4v) is 4.21. The van der Waals surface area contributed by atoms with Gasteiger partial charge in [-0.15, -0.1) is 0 Å². The molecular weight excluding hydrogens is 471 g/mol. The molecule has 2 aromatic carbocycles. The van der Waals surface area contributed by atoms with Gasteiger partial charge in [0.05, 0.1) is 16.8 Å². The number of aromatic nitrogens is 3. The molecule has 3 heterocycles. The molecule has 0 unspecified atom stereocenters. The van der Waals surface area contributed by atoms with Crippen LogP contribution in [0.3, 0.4) is 0 Å². The molecule has 2 aromatic heterocycles. The summed E-state index contributed by atoms with van der Waals surface area (Å²) in [7, 11) is 0. The first-order chi connectivity index (χ1) is 17.3. The fraction of sp³-hybridized carbons (Fsp3) is 0.200. The van der Waals surface area contributed by atoms with E-state index in [1.165, 1.54) is 12.1 Å². The van der Waals surface area contributed by atoms with Crippen molar-refractivity contribution in [1.29, 1.82) is 0 Å². The summed E-state index contributed by atoms with van der Waals surface area (Å²) in [5.74, 6) is -2.74. The van der Waals surface area contributed by atoms with Gasteiger partial charge in [0.25, 0.3) is 0 Å². The Labute approximate surface area is 204 Å². The van der Waals surface area contributed by atoms with Crippen molar-refractivity contribution in [3.63, 3.8) is 0 Å². The van der Waals surface area contributed by atoms with Crippen LogP contribution in [0.1, 0.15) is 5.56 Å². The summed E-state index contributed by atoms with van der Waals surface area (Å²) in [6, 6.07) is 11.5. The normalized spacial score (nSPS) is 13.8. The van der Waals surface area contributed by atoms with E-state index in [9.17, 15) is 18.0 Å². The van der Waals surface area contributed by atoms with Crippen molar-refractivity contribution in [3.05, 3.63) is 71.5 Å². The fourth-order valence-electron chi connectivity index (χ4n) is 4.21. The van der Waals surface area contributed by atoms with Crippen molar-refractivity contribution < 1.29 is 18.0 Å². The van der Waals surface area contributed by atoms with E-state index in [0.29, 0.717) is 60.9 Å². The molecule has 0 aliphatic carbocycles. The zero-order chi connectivity index (χ0) is 25.4. The highest BCUT2D eigenvalue weighted by Crippen LogP contribution is 2.30. The number of piperazine rings is 1. The van der Waals surface area contributed by atoms with Gasteiger partial charge in [0.1, 0.15) is 23.0 Å². The molecule has 8 nitrogen and oxygen atoms in total. The lowest BCUT2D eigenvalue weighted by Crippen LogP contribution is -2.50. The molecule has 0 atom stereocenters. The molecule has 5 rings (SSSR count). The SMILES string of the molecule is Cc1cccc(NC(=O)N2CCN(c3nc(N)nc4ccc(-c5c(F)cc(F)cc5F)nc34)CC2)c1. The highest BCUT2D eigenvalue weighted by atomic mass is 19.1. The van der Waals surface area contributed by atoms with E-state index in [1.807, 2.05) is 36.1 Å². The Morgan fingerprint density at radius 3 is 2.36 bits per heavy atom. The lowest BCUT2D eigenvalue weighted by Gasteiger charge is -2.35. The number of urea groups is 1. The molecule has 1 aliphatic heterocycles. The number of halogens is 3. The lowest BCUT2D eigenvalue weighted by molar-refractivity contribution is 0.208. The number of aryl methyl sites for hydroxylation is 1. The van der Waals surface area contributed by atoms with E-state index in [0.717, 1.165) is 5.56 Å². The number of pyridine rings is 1. The van der Waals surface area contributed by atoms with Crippen molar-refractivity contribution in [3.8, 4) is 11.3 Å². The predicted molar refractivity (Wildman–Crippen MR) is 131 cm³/mol. The van der Waals surface area contributed by atoms with Gasteiger partial charge in [-0.05, 0) is 36.8 Å². The van der Waals surface area contributed by atoms with Crippen molar-refractivity contribution in [1.82, 2.24) is 19.9 Å². The van der Waals surface area contributed by atoms with Crippen LogP contribution in [0.15, 0.2) is 48.5 Å². The maximum atomic E-state index is 14.4. The first kappa shape index (κ1) is 23.3. The summed E-state index contributed by atoms with van der Waals surface area (Å²) in [5.41, 5.74) is 7.88. The maximum Gasteiger partial charge on any atom is 0.321 e. The van der Waals surface area contributed by atoms with Crippen molar-refractivity contribution in [2.45, 2.75) is 6.92 Å². The number of hydrogen-bond acceptors (Lipinski definition) is 6. The Balaban J connectivity index is 1.40. The topological polar surface area (TPSA) is 100 Å². The van der Waals surface area contributed by atoms with Gasteiger partial charge in [-0.3, -0.25) is 0 Å². The van der Waals surface area contributed by atoms with Crippen LogP contribution in [0.4, 0.5) is 35.4 Å². The third-order valence-electron chi connectivity index (χ3n) is 5.94. The molecule has 36 heavy (non-hydrogen) atoms. The number of amides is 2. The molecule has 1 saturated heterocycles. The maximum absolute atomic E-state index is 14.4. The molecule has 184 valence electrons. The number of rotatable bonds is 3. The van der Waals surface area contributed by atoms with Gasteiger partial charge in [0.15, 0.2) is 5.82 Å². The Bertz CT molecular complexity index is 1450. The molecule has 0 bridgehead atoms. The van der Waals surface area contributed by atoms with Gasteiger partial charge < -0.3 is 20.9 Å². The minimum Gasteiger partial charge on any atom is -0.368 e. The van der Waals surface area contributed by atoms with Crippen LogP contribution in [-0.2, 0) is 0 Å². The standard InChI is InChI=1S/C25H22F3N7O/c1-14-3-2-4-16(11-14)30-25(36)35-9-7-34(8-10-35)23-22-20(32-24(29)33-23)6-5-19(31-22)21-17(27)12-15(26)13-18(21)28/h2-6,11-13H,7-10H2,1H3,(H,30,36)(H2,29,32,33). The van der Waals surface area contributed by atoms with Gasteiger partial charge in [-0.25, -0.2) is 27.9 Å². The third kappa shape index (κ3) is 4.59. The van der Waals surface area contributed by atoms with E-state index >= 15 is 0 Å². The minimum atomic E-state index is -1.06. The Morgan fingerprint density at radius 2 is 1.67 bits per heavy atom. The monoisotopic (exact) mass is 493 g/mol. The summed E-state index contributed by atoms with van der Waals surface area (Å²) < 4.78 is 42.2. The van der Waals surface area contributed by atoms with E-state index in [2.05, 4.69) is 20.3 Å². The van der Waals surface area contributed by atoms with E-state index in [1.54, 1.807) is 4.90 Å². The molecular formula is C25H22F3N7O. The van der Waals surface area contributed by atoms with Gasteiger partial charge in [-0.2, -0.15) is 4.98 Å². The molecule has 4 aromatic rings. The number of nitrogens with two attached hydrogens (primary N) is 1. The number of nitrogen functional groups attached to an aromatic ring is 1. The second kappa shape index (κ2) is 9.33. The first-order valence-electron chi connectivity index (χ1n) is 11.3. The van der Waals surface area contributed by atoms with E-state index in [-0.39, 0.29) is 17.7 Å². The van der Waals surface area contributed by atoms with Crippen molar-refractivity contribution in [2.24, 2.45) is 0 Å². The summed E-state index contributed by atoms with van der Waals surface area (Å²) in [6.45, 7) is 3.62. The number of hydrogen-bond donors (Lipinski definition) is 2. The van der Waals surface area contributed by atoms with Crippen LogP contribution < -0.4 is 16.0 Å². The summed E-state index contributed by atoms with van der Waals surface area (Å²) in [6.07, 6.45) is 0. The van der Waals surface area contributed by atoms with Gasteiger partial charge in [0.2, 0.25) is 5.95 Å². The Kier molecular flexibility index (Phi) is 6.05. The van der Waals surface area contributed by atoms with Crippen LogP contribution in [0.25, 0.3) is 22.3 Å². The van der Waals surface area contributed by atoms with Crippen LogP contribution in [0.5, 0.6) is 0 Å². The quantitative estimate of drug-likeness (QED) is 0.440. The van der Waals surface area contributed by atoms with Gasteiger partial charge >= 0.3 is 6.03 Å². The first-order valence-corrected chi connectivity index (χ1v) is 11.3. The number of nitrogens with zero attached hydrogens (tertiary/aromatic N) is 5. The summed E-state index contributed by atoms with van der Waals surface area (Å²) in [4.78, 5) is 29.2. The number of anilines is 3. The minimum absolute atomic E-state index is 0.0193. The Morgan fingerprint density at radius 1 is 0.944 bits per heavy atom. The van der Waals surface area contributed by atoms with Crippen molar-refractivity contribution in [2.75, 3.05) is 42.1 Å². The van der Waals surface area contributed by atoms with Crippen LogP contribution in [-0.4, -0.2) is 52.1 Å². The lowest BCUT2D eigenvalue weighted by atomic mass is 10.1. The predicted octanol–water partition coefficient (Wildman–Crippen LogP) is 4.35. The zero-order valence-electron chi connectivity index (χ0n) is 19.3. The number of carbonyl (C=O) groups excluding carboxylic acids is 1. The average molecular weight is 493 g/mol. The largest absolute Gasteiger partial charge is 0.368 e. The molecule has 1 fully saturated rings. The number of carbonyl (C=O) groups is 1. The third-order valence-corrected chi connectivity index (χ3v) is 5.94. The van der Waals surface area contributed by atoms with E-state index < -0.39 is 23.0 Å². The second-order valence-electron chi connectivity index (χ2n) is 8.49. The molecule has 1 aliphatic rings. The van der Waals surface area contributed by atoms with Crippen LogP contribution in [0.2, 0.25) is 0 Å². The highest BCUT2D eigenvalue weighted by molar-refractivity contribution is 5.91. The zero-order valence-corrected chi connectivity index (χ0v) is 19.3. The summed E-state index contributed by atoms with van der Waals surface area (Å²) in [5, 5.41) is 2.90. The van der Waals surface area contributed by atoms with E-state index in [4.69, 9.17) is 5.73 Å². The van der Waals surface area contributed by atoms with Gasteiger partial charge in [0, 0.05) is 44.0 Å². The van der Waals surface area contributed by atoms with Crippen LogP contribution in [0, 0.1) is 24.4 Å². The van der Waals surface area contributed by atoms with Crippen molar-refractivity contribution >= 4 is 34.5 Å². The molecule has 11 heteroatoms. The number of benzene rings is 2. The molecule has 0 radical (unpaired) electrons.